The summed E-state index contributed by atoms with van der Waals surface area (Å²) in [5.74, 6) is -2.34. The van der Waals surface area contributed by atoms with Gasteiger partial charge in [0.2, 0.25) is 0 Å². The smallest absolute Gasteiger partial charge is 0.320 e. The number of ketones is 1. The molecule has 0 bridgehead atoms. The Hall–Kier alpha value is -2.99. The van der Waals surface area contributed by atoms with Gasteiger partial charge in [-0.1, -0.05) is 48.5 Å². The Morgan fingerprint density at radius 2 is 1.67 bits per heavy atom. The van der Waals surface area contributed by atoms with E-state index in [9.17, 15) is 14.4 Å². The summed E-state index contributed by atoms with van der Waals surface area (Å²) in [5.41, 5.74) is 1.74. The topological polar surface area (TPSA) is 104 Å². The van der Waals surface area contributed by atoms with Crippen molar-refractivity contribution in [3.05, 3.63) is 71.3 Å². The zero-order valence-corrected chi connectivity index (χ0v) is 15.1. The van der Waals surface area contributed by atoms with Crippen molar-refractivity contribution in [2.24, 2.45) is 0 Å². The second kappa shape index (κ2) is 9.64. The molecule has 142 valence electrons. The molecule has 0 saturated carbocycles. The molecule has 0 amide bonds. The largest absolute Gasteiger partial charge is 0.481 e. The van der Waals surface area contributed by atoms with Crippen LogP contribution < -0.4 is 5.32 Å². The first kappa shape index (κ1) is 20.3. The number of carboxylic acid groups (broad SMARTS) is 2. The molecule has 3 N–H and O–H groups in total. The predicted molar refractivity (Wildman–Crippen MR) is 101 cm³/mol. The van der Waals surface area contributed by atoms with Gasteiger partial charge in [0.1, 0.15) is 6.04 Å². The molecule has 0 aliphatic carbocycles. The minimum Gasteiger partial charge on any atom is -0.481 e. The van der Waals surface area contributed by atoms with Crippen LogP contribution in [0.1, 0.15) is 47.2 Å². The lowest BCUT2D eigenvalue weighted by Gasteiger charge is -2.08. The molecule has 1 saturated heterocycles. The Morgan fingerprint density at radius 1 is 1.00 bits per heavy atom. The molecule has 1 heterocycles. The van der Waals surface area contributed by atoms with Crippen LogP contribution in [0.3, 0.4) is 0 Å². The number of carboxylic acids is 2. The summed E-state index contributed by atoms with van der Waals surface area (Å²) < 4.78 is 0. The number of aliphatic carboxylic acids is 2. The van der Waals surface area contributed by atoms with Gasteiger partial charge < -0.3 is 15.5 Å². The van der Waals surface area contributed by atoms with Crippen LogP contribution >= 0.6 is 0 Å². The van der Waals surface area contributed by atoms with Gasteiger partial charge in [-0.15, -0.1) is 0 Å². The van der Waals surface area contributed by atoms with Gasteiger partial charge in [-0.3, -0.25) is 14.4 Å². The number of nitrogens with one attached hydrogen (secondary N) is 1. The lowest BCUT2D eigenvalue weighted by molar-refractivity contribution is -0.139. The van der Waals surface area contributed by atoms with Gasteiger partial charge in [-0.05, 0) is 37.9 Å². The molecule has 2 aromatic carbocycles. The van der Waals surface area contributed by atoms with Crippen molar-refractivity contribution >= 4 is 17.7 Å². The molecule has 6 nitrogen and oxygen atoms in total. The first-order valence-corrected chi connectivity index (χ1v) is 8.79. The highest BCUT2D eigenvalue weighted by molar-refractivity contribution is 6.09. The third-order valence-corrected chi connectivity index (χ3v) is 4.41. The molecular formula is C21H23NO5. The summed E-state index contributed by atoms with van der Waals surface area (Å²) in [6, 6.07) is 15.5. The zero-order valence-electron chi connectivity index (χ0n) is 15.1. The quantitative estimate of drug-likeness (QED) is 0.700. The molecule has 1 aliphatic rings. The zero-order chi connectivity index (χ0) is 19.8. The van der Waals surface area contributed by atoms with Gasteiger partial charge in [0.25, 0.3) is 0 Å². The SMILES string of the molecule is CC(C(=O)O)c1cccc(C(=O)c2ccccc2)c1.O=C(O)C1CCCN1. The van der Waals surface area contributed by atoms with Crippen molar-refractivity contribution in [3.8, 4) is 0 Å². The fourth-order valence-electron chi connectivity index (χ4n) is 2.74. The second-order valence-electron chi connectivity index (χ2n) is 6.37. The van der Waals surface area contributed by atoms with E-state index in [1.165, 1.54) is 0 Å². The number of rotatable bonds is 5. The van der Waals surface area contributed by atoms with Gasteiger partial charge in [-0.25, -0.2) is 0 Å². The molecular weight excluding hydrogens is 346 g/mol. The van der Waals surface area contributed by atoms with Crippen LogP contribution in [0.2, 0.25) is 0 Å². The summed E-state index contributed by atoms with van der Waals surface area (Å²) in [5, 5.41) is 20.2. The van der Waals surface area contributed by atoms with Crippen LogP contribution in [0, 0.1) is 0 Å². The Bertz CT molecular complexity index is 797. The lowest BCUT2D eigenvalue weighted by atomic mass is 9.96. The van der Waals surface area contributed by atoms with Crippen LogP contribution in [0.5, 0.6) is 0 Å². The van der Waals surface area contributed by atoms with Crippen molar-refractivity contribution in [2.45, 2.75) is 31.7 Å². The van der Waals surface area contributed by atoms with E-state index in [0.717, 1.165) is 19.4 Å². The molecule has 0 spiro atoms. The molecule has 1 aliphatic heterocycles. The fraction of sp³-hybridized carbons (Fsp3) is 0.286. The minimum atomic E-state index is -0.899. The van der Waals surface area contributed by atoms with Gasteiger partial charge in [-0.2, -0.15) is 0 Å². The van der Waals surface area contributed by atoms with E-state index in [1.54, 1.807) is 55.5 Å². The highest BCUT2D eigenvalue weighted by Crippen LogP contribution is 2.18. The monoisotopic (exact) mass is 369 g/mol. The summed E-state index contributed by atoms with van der Waals surface area (Å²) in [6.45, 7) is 2.46. The highest BCUT2D eigenvalue weighted by atomic mass is 16.4. The molecule has 6 heteroatoms. The van der Waals surface area contributed by atoms with Crippen molar-refractivity contribution in [2.75, 3.05) is 6.54 Å². The number of benzene rings is 2. The molecule has 27 heavy (non-hydrogen) atoms. The van der Waals surface area contributed by atoms with Crippen LogP contribution in [-0.4, -0.2) is 40.5 Å². The van der Waals surface area contributed by atoms with Crippen LogP contribution in [-0.2, 0) is 9.59 Å². The van der Waals surface area contributed by atoms with E-state index in [-0.39, 0.29) is 11.8 Å². The molecule has 3 rings (SSSR count). The Morgan fingerprint density at radius 3 is 2.19 bits per heavy atom. The predicted octanol–water partition coefficient (Wildman–Crippen LogP) is 2.93. The normalized spacial score (nSPS) is 16.7. The number of carbonyl (C=O) groups excluding carboxylic acids is 1. The van der Waals surface area contributed by atoms with Gasteiger partial charge >= 0.3 is 11.9 Å². The number of hydrogen-bond donors (Lipinski definition) is 3. The van der Waals surface area contributed by atoms with Crippen molar-refractivity contribution in [3.63, 3.8) is 0 Å². The fourth-order valence-corrected chi connectivity index (χ4v) is 2.74. The highest BCUT2D eigenvalue weighted by Gasteiger charge is 2.20. The minimum absolute atomic E-state index is 0.0972. The third-order valence-electron chi connectivity index (χ3n) is 4.41. The van der Waals surface area contributed by atoms with E-state index in [0.29, 0.717) is 16.7 Å². The number of carbonyl (C=O) groups is 3. The van der Waals surface area contributed by atoms with Crippen LogP contribution in [0.4, 0.5) is 0 Å². The van der Waals surface area contributed by atoms with Crippen LogP contribution in [0.15, 0.2) is 54.6 Å². The Balaban J connectivity index is 0.000000273. The molecule has 0 aromatic heterocycles. The molecule has 1 fully saturated rings. The molecule has 0 radical (unpaired) electrons. The Kier molecular flexibility index (Phi) is 7.25. The van der Waals surface area contributed by atoms with E-state index < -0.39 is 17.9 Å². The second-order valence-corrected chi connectivity index (χ2v) is 6.37. The van der Waals surface area contributed by atoms with Crippen molar-refractivity contribution < 1.29 is 24.6 Å². The van der Waals surface area contributed by atoms with Crippen molar-refractivity contribution in [1.82, 2.24) is 5.32 Å². The summed E-state index contributed by atoms with van der Waals surface area (Å²) in [4.78, 5) is 33.3. The molecule has 2 aromatic rings. The average molecular weight is 369 g/mol. The summed E-state index contributed by atoms with van der Waals surface area (Å²) >= 11 is 0. The van der Waals surface area contributed by atoms with Gasteiger partial charge in [0, 0.05) is 11.1 Å². The van der Waals surface area contributed by atoms with Gasteiger partial charge in [0.05, 0.1) is 5.92 Å². The maximum atomic E-state index is 12.2. The maximum absolute atomic E-state index is 12.2. The van der Waals surface area contributed by atoms with E-state index in [4.69, 9.17) is 10.2 Å². The molecule has 2 unspecified atom stereocenters. The third kappa shape index (κ3) is 5.76. The average Bonchev–Trinajstić information content (AvgIpc) is 3.23. The van der Waals surface area contributed by atoms with Crippen molar-refractivity contribution in [1.29, 1.82) is 0 Å². The number of hydrogen-bond acceptors (Lipinski definition) is 4. The Labute approximate surface area is 157 Å². The van der Waals surface area contributed by atoms with E-state index >= 15 is 0 Å². The molecule has 2 atom stereocenters. The lowest BCUT2D eigenvalue weighted by Crippen LogP contribution is -2.29. The van der Waals surface area contributed by atoms with Crippen LogP contribution in [0.25, 0.3) is 0 Å². The maximum Gasteiger partial charge on any atom is 0.320 e. The van der Waals surface area contributed by atoms with Gasteiger partial charge in [0.15, 0.2) is 5.78 Å². The summed E-state index contributed by atoms with van der Waals surface area (Å²) in [6.07, 6.45) is 1.78. The van der Waals surface area contributed by atoms with E-state index in [1.807, 2.05) is 6.07 Å². The first-order chi connectivity index (χ1) is 12.9. The first-order valence-electron chi connectivity index (χ1n) is 8.79. The summed E-state index contributed by atoms with van der Waals surface area (Å²) in [7, 11) is 0. The van der Waals surface area contributed by atoms with E-state index in [2.05, 4.69) is 5.32 Å². The standard InChI is InChI=1S/C16H14O3.C5H9NO2/c1-11(16(18)19)13-8-5-9-14(10-13)15(17)12-6-3-2-4-7-12;7-5(8)4-2-1-3-6-4/h2-11H,1H3,(H,18,19);4,6H,1-3H2,(H,7,8).